The van der Waals surface area contributed by atoms with Crippen molar-refractivity contribution in [2.75, 3.05) is 11.9 Å². The number of hydrogen-bond acceptors (Lipinski definition) is 5. The molecule has 0 radical (unpaired) electrons. The van der Waals surface area contributed by atoms with Crippen molar-refractivity contribution in [2.45, 2.75) is 65.5 Å². The van der Waals surface area contributed by atoms with E-state index in [1.165, 1.54) is 5.56 Å². The molecule has 3 rings (SSSR count). The minimum atomic E-state index is -0.485. The van der Waals surface area contributed by atoms with E-state index in [-0.39, 0.29) is 36.2 Å². The van der Waals surface area contributed by atoms with E-state index in [0.29, 0.717) is 12.2 Å². The van der Waals surface area contributed by atoms with Crippen LogP contribution in [0.1, 0.15) is 75.8 Å². The molecule has 1 aliphatic heterocycles. The van der Waals surface area contributed by atoms with Gasteiger partial charge in [0.25, 0.3) is 0 Å². The van der Waals surface area contributed by atoms with Crippen molar-refractivity contribution in [1.82, 2.24) is 9.78 Å². The first-order chi connectivity index (χ1) is 13.6. The van der Waals surface area contributed by atoms with Gasteiger partial charge in [0.2, 0.25) is 0 Å². The van der Waals surface area contributed by atoms with E-state index < -0.39 is 5.41 Å². The Bertz CT molecular complexity index is 884. The Balaban J connectivity index is 1.83. The fraction of sp³-hybridized carbons (Fsp3) is 0.522. The van der Waals surface area contributed by atoms with Crippen LogP contribution in [0.3, 0.4) is 0 Å². The minimum absolute atomic E-state index is 0.0161. The zero-order valence-electron chi connectivity index (χ0n) is 18.0. The van der Waals surface area contributed by atoms with Gasteiger partial charge in [0.05, 0.1) is 36.4 Å². The first-order valence-electron chi connectivity index (χ1n) is 10.2. The monoisotopic (exact) mass is 397 g/mol. The normalized spacial score (nSPS) is 17.9. The number of rotatable bonds is 7. The van der Waals surface area contributed by atoms with E-state index in [0.717, 1.165) is 12.2 Å². The summed E-state index contributed by atoms with van der Waals surface area (Å²) in [5.74, 6) is 0.468. The molecular weight excluding hydrogens is 366 g/mol. The maximum atomic E-state index is 13.1. The lowest BCUT2D eigenvalue weighted by Crippen LogP contribution is -2.38. The van der Waals surface area contributed by atoms with Crippen molar-refractivity contribution in [3.63, 3.8) is 0 Å². The van der Waals surface area contributed by atoms with E-state index >= 15 is 0 Å². The maximum Gasteiger partial charge on any atom is 0.306 e. The molecule has 1 aliphatic rings. The number of ketones is 1. The molecule has 0 saturated heterocycles. The van der Waals surface area contributed by atoms with Crippen molar-refractivity contribution in [3.05, 3.63) is 47.7 Å². The molecule has 6 heteroatoms. The molecule has 1 aromatic heterocycles. The number of fused-ring (bicyclic) bond motifs is 1. The zero-order valence-corrected chi connectivity index (χ0v) is 18.0. The number of hydrogen-bond donors (Lipinski definition) is 1. The number of benzene rings is 1. The summed E-state index contributed by atoms with van der Waals surface area (Å²) in [4.78, 5) is 25.0. The van der Waals surface area contributed by atoms with Crippen molar-refractivity contribution < 1.29 is 14.3 Å². The number of carbonyl (C=O) groups excluding carboxylic acids is 2. The molecule has 1 aromatic carbocycles. The fourth-order valence-electron chi connectivity index (χ4n) is 4.03. The second-order valence-electron chi connectivity index (χ2n) is 9.19. The number of aromatic nitrogens is 2. The van der Waals surface area contributed by atoms with Crippen LogP contribution in [0.2, 0.25) is 0 Å². The number of carbonyl (C=O) groups is 2. The molecule has 0 spiro atoms. The van der Waals surface area contributed by atoms with Crippen LogP contribution < -0.4 is 5.32 Å². The first kappa shape index (κ1) is 21.1. The van der Waals surface area contributed by atoms with Crippen molar-refractivity contribution in [2.24, 2.45) is 5.41 Å². The van der Waals surface area contributed by atoms with Crippen molar-refractivity contribution >= 4 is 17.6 Å². The van der Waals surface area contributed by atoms with Crippen LogP contribution in [0.4, 0.5) is 5.82 Å². The molecule has 29 heavy (non-hydrogen) atoms. The lowest BCUT2D eigenvalue weighted by molar-refractivity contribution is -0.145. The van der Waals surface area contributed by atoms with E-state index in [4.69, 9.17) is 4.74 Å². The molecule has 0 bridgehead atoms. The molecule has 6 nitrogen and oxygen atoms in total. The lowest BCUT2D eigenvalue weighted by Gasteiger charge is -2.38. The lowest BCUT2D eigenvalue weighted by atomic mass is 9.82. The van der Waals surface area contributed by atoms with Crippen LogP contribution in [-0.2, 0) is 15.1 Å². The number of nitrogens with one attached hydrogen (secondary N) is 1. The average Bonchev–Trinajstić information content (AvgIpc) is 3.06. The van der Waals surface area contributed by atoms with E-state index in [1.807, 2.05) is 36.7 Å². The third-order valence-electron chi connectivity index (χ3n) is 5.43. The Morgan fingerprint density at radius 1 is 1.24 bits per heavy atom. The third kappa shape index (κ3) is 4.69. The van der Waals surface area contributed by atoms with Gasteiger partial charge in [-0.1, -0.05) is 44.2 Å². The van der Waals surface area contributed by atoms with Gasteiger partial charge in [0, 0.05) is 6.42 Å². The summed E-state index contributed by atoms with van der Waals surface area (Å²) in [6, 6.07) is 10.4. The van der Waals surface area contributed by atoms with Gasteiger partial charge in [0.15, 0.2) is 5.78 Å². The predicted molar refractivity (Wildman–Crippen MR) is 113 cm³/mol. The number of anilines is 1. The molecule has 2 heterocycles. The summed E-state index contributed by atoms with van der Waals surface area (Å²) in [5.41, 5.74) is 1.06. The number of esters is 1. The number of Topliss-reactive ketones (excluding diaryl/α,β-unsaturated/α-hetero) is 1. The number of nitrogens with zero attached hydrogens (tertiary/aromatic N) is 2. The highest BCUT2D eigenvalue weighted by Crippen LogP contribution is 2.40. The zero-order chi connectivity index (χ0) is 21.2. The van der Waals surface area contributed by atoms with E-state index in [9.17, 15) is 9.59 Å². The van der Waals surface area contributed by atoms with Gasteiger partial charge < -0.3 is 10.1 Å². The smallest absolute Gasteiger partial charge is 0.306 e. The summed E-state index contributed by atoms with van der Waals surface area (Å²) in [6.45, 7) is 10.2. The summed E-state index contributed by atoms with van der Waals surface area (Å²) >= 11 is 0. The highest BCUT2D eigenvalue weighted by molar-refractivity contribution is 6.01. The Hall–Kier alpha value is -2.63. The summed E-state index contributed by atoms with van der Waals surface area (Å²) in [7, 11) is 0. The van der Waals surface area contributed by atoms with Gasteiger partial charge in [-0.15, -0.1) is 0 Å². The van der Waals surface area contributed by atoms with Crippen LogP contribution in [0.25, 0.3) is 0 Å². The quantitative estimate of drug-likeness (QED) is 0.540. The minimum Gasteiger partial charge on any atom is -0.466 e. The van der Waals surface area contributed by atoms with E-state index in [1.54, 1.807) is 13.1 Å². The van der Waals surface area contributed by atoms with Crippen molar-refractivity contribution in [3.8, 4) is 0 Å². The molecule has 1 unspecified atom stereocenters. The maximum absolute atomic E-state index is 13.1. The Labute approximate surface area is 172 Å². The van der Waals surface area contributed by atoms with Crippen LogP contribution >= 0.6 is 0 Å². The van der Waals surface area contributed by atoms with Crippen molar-refractivity contribution in [1.29, 1.82) is 0 Å². The summed E-state index contributed by atoms with van der Waals surface area (Å²) in [6.07, 6.45) is 2.98. The molecular formula is C23H31N3O3. The molecule has 1 atom stereocenters. The SMILES string of the molecule is CCOC(=O)CC(C)(C)CC(=O)c1cnn2c1NC(c1ccccc1)CC2(C)C. The Kier molecular flexibility index (Phi) is 5.82. The van der Waals surface area contributed by atoms with Gasteiger partial charge in [-0.25, -0.2) is 4.68 Å². The molecule has 0 amide bonds. The first-order valence-corrected chi connectivity index (χ1v) is 10.2. The molecule has 1 N–H and O–H groups in total. The summed E-state index contributed by atoms with van der Waals surface area (Å²) < 4.78 is 6.97. The number of ether oxygens (including phenoxy) is 1. The molecule has 0 aliphatic carbocycles. The standard InChI is InChI=1S/C23H31N3O3/c1-6-29-20(28)14-22(2,3)13-19(27)17-15-24-26-21(17)25-18(12-23(26,4)5)16-10-8-7-9-11-16/h7-11,15,18,25H,6,12-14H2,1-5H3. The van der Waals surface area contributed by atoms with Gasteiger partial charge in [-0.2, -0.15) is 5.10 Å². The molecule has 156 valence electrons. The van der Waals surface area contributed by atoms with Gasteiger partial charge >= 0.3 is 5.97 Å². The van der Waals surface area contributed by atoms with Gasteiger partial charge in [-0.05, 0) is 38.2 Å². The second-order valence-corrected chi connectivity index (χ2v) is 9.19. The van der Waals surface area contributed by atoms with Gasteiger partial charge in [-0.3, -0.25) is 9.59 Å². The highest BCUT2D eigenvalue weighted by atomic mass is 16.5. The van der Waals surface area contributed by atoms with Crippen LogP contribution in [0.15, 0.2) is 36.5 Å². The topological polar surface area (TPSA) is 73.2 Å². The molecule has 0 fully saturated rings. The average molecular weight is 398 g/mol. The third-order valence-corrected chi connectivity index (χ3v) is 5.43. The Morgan fingerprint density at radius 3 is 2.59 bits per heavy atom. The largest absolute Gasteiger partial charge is 0.466 e. The van der Waals surface area contributed by atoms with Gasteiger partial charge in [0.1, 0.15) is 5.82 Å². The summed E-state index contributed by atoms with van der Waals surface area (Å²) in [5, 5.41) is 8.05. The molecule has 0 saturated carbocycles. The van der Waals surface area contributed by atoms with Crippen LogP contribution in [-0.4, -0.2) is 28.1 Å². The fourth-order valence-corrected chi connectivity index (χ4v) is 4.03. The van der Waals surface area contributed by atoms with Crippen LogP contribution in [0, 0.1) is 5.41 Å². The molecule has 2 aromatic rings. The highest BCUT2D eigenvalue weighted by Gasteiger charge is 2.37. The van der Waals surface area contributed by atoms with Crippen LogP contribution in [0.5, 0.6) is 0 Å². The predicted octanol–water partition coefficient (Wildman–Crippen LogP) is 4.73. The Morgan fingerprint density at radius 2 is 1.93 bits per heavy atom. The van der Waals surface area contributed by atoms with E-state index in [2.05, 4.69) is 36.4 Å². The second kappa shape index (κ2) is 8.01.